The van der Waals surface area contributed by atoms with E-state index in [1.165, 1.54) is 50.5 Å². The molecule has 0 heterocycles. The molecule has 1 aromatic rings. The quantitative estimate of drug-likeness (QED) is 0.697. The fourth-order valence-electron chi connectivity index (χ4n) is 3.95. The average molecular weight is 387 g/mol. The Hall–Kier alpha value is -1.84. The van der Waals surface area contributed by atoms with Crippen molar-refractivity contribution in [3.8, 4) is 0 Å². The van der Waals surface area contributed by atoms with E-state index < -0.39 is 11.8 Å². The Bertz CT molecular complexity index is 585. The van der Waals surface area contributed by atoms with Crippen molar-refractivity contribution in [2.24, 2.45) is 0 Å². The minimum Gasteiger partial charge on any atom is -0.345 e. The van der Waals surface area contributed by atoms with E-state index in [2.05, 4.69) is 29.7 Å². The number of rotatable bonds is 4. The summed E-state index contributed by atoms with van der Waals surface area (Å²) in [6, 6.07) is 8.13. The molecule has 1 aliphatic rings. The maximum Gasteiger partial charge on any atom is 0.309 e. The molecule has 28 heavy (non-hydrogen) atoms. The van der Waals surface area contributed by atoms with E-state index in [9.17, 15) is 9.59 Å². The predicted molar refractivity (Wildman–Crippen MR) is 115 cm³/mol. The molecule has 1 atom stereocenters. The van der Waals surface area contributed by atoms with Crippen molar-refractivity contribution in [2.75, 3.05) is 0 Å². The smallest absolute Gasteiger partial charge is 0.309 e. The molecule has 1 aromatic carbocycles. The highest BCUT2D eigenvalue weighted by Gasteiger charge is 2.20. The molecule has 0 aromatic heterocycles. The lowest BCUT2D eigenvalue weighted by Gasteiger charge is -2.20. The summed E-state index contributed by atoms with van der Waals surface area (Å²) in [6.45, 7) is 4.04. The van der Waals surface area contributed by atoms with E-state index in [-0.39, 0.29) is 12.1 Å². The molecule has 0 spiro atoms. The van der Waals surface area contributed by atoms with E-state index in [4.69, 9.17) is 0 Å². The Morgan fingerprint density at radius 1 is 0.857 bits per heavy atom. The second-order valence-electron chi connectivity index (χ2n) is 8.22. The van der Waals surface area contributed by atoms with Crippen LogP contribution in [0.15, 0.2) is 24.3 Å². The summed E-state index contributed by atoms with van der Waals surface area (Å²) in [5, 5.41) is 5.84. The van der Waals surface area contributed by atoms with E-state index in [0.717, 1.165) is 37.7 Å². The third-order valence-corrected chi connectivity index (χ3v) is 5.88. The zero-order chi connectivity index (χ0) is 20.2. The van der Waals surface area contributed by atoms with E-state index >= 15 is 0 Å². The molecule has 2 N–H and O–H groups in total. The Kier molecular flexibility index (Phi) is 10.1. The lowest BCUT2D eigenvalue weighted by Crippen LogP contribution is -2.45. The molecule has 0 bridgehead atoms. The monoisotopic (exact) mass is 386 g/mol. The number of carbonyl (C=O) groups is 2. The zero-order valence-electron chi connectivity index (χ0n) is 17.8. The summed E-state index contributed by atoms with van der Waals surface area (Å²) in [5.41, 5.74) is 2.28. The minimum atomic E-state index is -0.529. The lowest BCUT2D eigenvalue weighted by molar-refractivity contribution is -0.140. The van der Waals surface area contributed by atoms with Gasteiger partial charge in [0.25, 0.3) is 0 Å². The van der Waals surface area contributed by atoms with E-state index in [1.54, 1.807) is 0 Å². The van der Waals surface area contributed by atoms with Gasteiger partial charge in [0.15, 0.2) is 0 Å². The van der Waals surface area contributed by atoms with Crippen molar-refractivity contribution >= 4 is 11.8 Å². The van der Waals surface area contributed by atoms with Crippen LogP contribution in [0.2, 0.25) is 0 Å². The molecule has 0 radical (unpaired) electrons. The maximum atomic E-state index is 12.4. The first-order valence-electron chi connectivity index (χ1n) is 11.3. The molecular formula is C24H38N2O2. The van der Waals surface area contributed by atoms with Crippen LogP contribution in [0.4, 0.5) is 0 Å². The van der Waals surface area contributed by atoms with Gasteiger partial charge < -0.3 is 10.6 Å². The van der Waals surface area contributed by atoms with Crippen LogP contribution in [0.1, 0.15) is 102 Å². The van der Waals surface area contributed by atoms with Crippen molar-refractivity contribution in [2.45, 2.75) is 103 Å². The third-order valence-electron chi connectivity index (χ3n) is 5.88. The first kappa shape index (κ1) is 22.4. The minimum absolute atomic E-state index is 0.122. The van der Waals surface area contributed by atoms with Gasteiger partial charge in [-0.15, -0.1) is 0 Å². The summed E-state index contributed by atoms with van der Waals surface area (Å²) in [5.74, 6) is -1.02. The summed E-state index contributed by atoms with van der Waals surface area (Å²) in [7, 11) is 0. The Balaban J connectivity index is 1.83. The van der Waals surface area contributed by atoms with Crippen LogP contribution in [0.5, 0.6) is 0 Å². The standard InChI is InChI=1S/C24H38N2O2/c1-3-20-15-17-21(18-16-20)19(2)25-23(27)24(28)26-22-13-11-9-7-5-4-6-8-10-12-14-22/h15-19,22H,3-14H2,1-2H3,(H,25,27)(H,26,28). The maximum absolute atomic E-state index is 12.4. The van der Waals surface area contributed by atoms with Gasteiger partial charge >= 0.3 is 11.8 Å². The second-order valence-corrected chi connectivity index (χ2v) is 8.22. The Labute approximate surface area is 170 Å². The predicted octanol–water partition coefficient (Wildman–Crippen LogP) is 5.22. The van der Waals surface area contributed by atoms with Gasteiger partial charge in [0.1, 0.15) is 0 Å². The fraction of sp³-hybridized carbons (Fsp3) is 0.667. The number of hydrogen-bond acceptors (Lipinski definition) is 2. The van der Waals surface area contributed by atoms with Gasteiger partial charge in [-0.25, -0.2) is 0 Å². The molecule has 0 saturated heterocycles. The molecule has 1 fully saturated rings. The van der Waals surface area contributed by atoms with Crippen molar-refractivity contribution < 1.29 is 9.59 Å². The van der Waals surface area contributed by atoms with Crippen LogP contribution in [0, 0.1) is 0 Å². The summed E-state index contributed by atoms with van der Waals surface area (Å²) < 4.78 is 0. The van der Waals surface area contributed by atoms with Crippen molar-refractivity contribution in [1.29, 1.82) is 0 Å². The molecular weight excluding hydrogens is 348 g/mol. The number of carbonyl (C=O) groups excluding carboxylic acids is 2. The second kappa shape index (κ2) is 12.6. The van der Waals surface area contributed by atoms with Gasteiger partial charge in [-0.2, -0.15) is 0 Å². The number of aryl methyl sites for hydroxylation is 1. The van der Waals surface area contributed by atoms with Gasteiger partial charge in [-0.3, -0.25) is 9.59 Å². The SMILES string of the molecule is CCc1ccc(C(C)NC(=O)C(=O)NC2CCCCCCCCCCC2)cc1. The van der Waals surface area contributed by atoms with Crippen LogP contribution in [-0.4, -0.2) is 17.9 Å². The number of hydrogen-bond donors (Lipinski definition) is 2. The molecule has 2 rings (SSSR count). The summed E-state index contributed by atoms with van der Waals surface area (Å²) >= 11 is 0. The largest absolute Gasteiger partial charge is 0.345 e. The molecule has 2 amide bonds. The van der Waals surface area contributed by atoms with Crippen molar-refractivity contribution in [1.82, 2.24) is 10.6 Å². The highest BCUT2D eigenvalue weighted by atomic mass is 16.2. The van der Waals surface area contributed by atoms with Crippen LogP contribution in [0.25, 0.3) is 0 Å². The number of nitrogens with one attached hydrogen (secondary N) is 2. The van der Waals surface area contributed by atoms with Gasteiger partial charge in [-0.1, -0.05) is 89.0 Å². The van der Waals surface area contributed by atoms with E-state index in [0.29, 0.717) is 0 Å². The van der Waals surface area contributed by atoms with Crippen LogP contribution in [-0.2, 0) is 16.0 Å². The van der Waals surface area contributed by atoms with Gasteiger partial charge in [0.05, 0.1) is 6.04 Å². The third kappa shape index (κ3) is 8.04. The first-order chi connectivity index (χ1) is 13.6. The van der Waals surface area contributed by atoms with Crippen LogP contribution in [0.3, 0.4) is 0 Å². The highest BCUT2D eigenvalue weighted by Crippen LogP contribution is 2.17. The molecule has 4 nitrogen and oxygen atoms in total. The Morgan fingerprint density at radius 3 is 1.86 bits per heavy atom. The van der Waals surface area contributed by atoms with Crippen LogP contribution >= 0.6 is 0 Å². The Morgan fingerprint density at radius 2 is 1.36 bits per heavy atom. The molecule has 4 heteroatoms. The lowest BCUT2D eigenvalue weighted by atomic mass is 9.98. The highest BCUT2D eigenvalue weighted by molar-refractivity contribution is 6.35. The van der Waals surface area contributed by atoms with Gasteiger partial charge in [0, 0.05) is 6.04 Å². The molecule has 156 valence electrons. The van der Waals surface area contributed by atoms with Crippen molar-refractivity contribution in [3.63, 3.8) is 0 Å². The molecule has 1 saturated carbocycles. The topological polar surface area (TPSA) is 58.2 Å². The van der Waals surface area contributed by atoms with Crippen LogP contribution < -0.4 is 10.6 Å². The molecule has 1 unspecified atom stereocenters. The average Bonchev–Trinajstić information content (AvgIpc) is 2.70. The number of benzene rings is 1. The van der Waals surface area contributed by atoms with E-state index in [1.807, 2.05) is 19.1 Å². The fourth-order valence-corrected chi connectivity index (χ4v) is 3.95. The summed E-state index contributed by atoms with van der Waals surface area (Å²) in [4.78, 5) is 24.8. The molecule has 1 aliphatic carbocycles. The number of amides is 2. The molecule has 0 aliphatic heterocycles. The normalized spacial score (nSPS) is 18.4. The van der Waals surface area contributed by atoms with Crippen molar-refractivity contribution in [3.05, 3.63) is 35.4 Å². The zero-order valence-corrected chi connectivity index (χ0v) is 17.8. The first-order valence-corrected chi connectivity index (χ1v) is 11.3. The summed E-state index contributed by atoms with van der Waals surface area (Å²) in [6.07, 6.45) is 14.3. The van der Waals surface area contributed by atoms with Gasteiger partial charge in [-0.05, 0) is 37.3 Å². The van der Waals surface area contributed by atoms with Gasteiger partial charge in [0.2, 0.25) is 0 Å².